The predicted molar refractivity (Wildman–Crippen MR) is 38.4 cm³/mol. The van der Waals surface area contributed by atoms with E-state index in [9.17, 15) is 0 Å². The summed E-state index contributed by atoms with van der Waals surface area (Å²) in [7, 11) is 0. The highest BCUT2D eigenvalue weighted by atomic mass is 15.6. The van der Waals surface area contributed by atoms with Gasteiger partial charge in [0.05, 0.1) is 0 Å². The van der Waals surface area contributed by atoms with Gasteiger partial charge in [-0.25, -0.2) is 0 Å². The van der Waals surface area contributed by atoms with E-state index in [4.69, 9.17) is 0 Å². The average Bonchev–Trinajstić information content (AvgIpc) is 2.59. The first-order chi connectivity index (χ1) is 4.97. The summed E-state index contributed by atoms with van der Waals surface area (Å²) in [6, 6.07) is 0. The molecular weight excluding hydrogens is 164 g/mol. The molecule has 12 heavy (non-hydrogen) atoms. The molecule has 0 saturated heterocycles. The van der Waals surface area contributed by atoms with E-state index in [0.717, 1.165) is 0 Å². The van der Waals surface area contributed by atoms with Crippen LogP contribution in [0.25, 0.3) is 0 Å². The van der Waals surface area contributed by atoms with Crippen LogP contribution in [-0.4, -0.2) is 0 Å². The highest BCUT2D eigenvalue weighted by molar-refractivity contribution is 5.08. The summed E-state index contributed by atoms with van der Waals surface area (Å²) < 4.78 is 0. The summed E-state index contributed by atoms with van der Waals surface area (Å²) in [4.78, 5) is 0. The van der Waals surface area contributed by atoms with Crippen molar-refractivity contribution in [1.82, 2.24) is 12.3 Å². The van der Waals surface area contributed by atoms with Crippen molar-refractivity contribution in [1.29, 1.82) is 0 Å². The molecule has 0 spiro atoms. The fourth-order valence-corrected chi connectivity index (χ4v) is 0.468. The van der Waals surface area contributed by atoms with Crippen molar-refractivity contribution < 1.29 is 0 Å². The van der Waals surface area contributed by atoms with E-state index >= 15 is 0 Å². The van der Waals surface area contributed by atoms with Gasteiger partial charge in [-0.1, -0.05) is 0 Å². The smallest absolute Gasteiger partial charge is 0.248 e. The standard InChI is InChI=1S/C2N8.2H3N/c3-1(4-8-7-3)2-5-9-10-6-2;;/h;2*1H3/p+2. The van der Waals surface area contributed by atoms with E-state index in [1.807, 2.05) is 0 Å². The first-order valence-electron chi connectivity index (χ1n) is 2.34. The van der Waals surface area contributed by atoms with Crippen molar-refractivity contribution in [3.63, 3.8) is 0 Å². The van der Waals surface area contributed by atoms with Gasteiger partial charge in [0, 0.05) is 0 Å². The summed E-state index contributed by atoms with van der Waals surface area (Å²) in [5.74, 6) is 0.481. The van der Waals surface area contributed by atoms with Crippen molar-refractivity contribution in [2.24, 2.45) is 41.4 Å². The molecule has 64 valence electrons. The van der Waals surface area contributed by atoms with Crippen LogP contribution in [0.2, 0.25) is 0 Å². The summed E-state index contributed by atoms with van der Waals surface area (Å²) in [6.07, 6.45) is 0. The van der Waals surface area contributed by atoms with Gasteiger partial charge < -0.3 is 12.3 Å². The van der Waals surface area contributed by atoms with Gasteiger partial charge >= 0.3 is 0 Å². The molecule has 0 unspecified atom stereocenters. The Morgan fingerprint density at radius 2 is 0.750 bits per heavy atom. The number of quaternary nitrogens is 2. The van der Waals surface area contributed by atoms with Gasteiger partial charge in [-0.05, 0) is 20.9 Å². The third-order valence-corrected chi connectivity index (χ3v) is 0.838. The van der Waals surface area contributed by atoms with Crippen LogP contribution in [0.1, 0.15) is 0 Å². The zero-order valence-corrected chi connectivity index (χ0v) is 6.58. The molecule has 10 heteroatoms. The predicted octanol–water partition coefficient (Wildman–Crippen LogP) is 2.53. The summed E-state index contributed by atoms with van der Waals surface area (Å²) in [5.41, 5.74) is 0. The molecular formula is C2H8N10+2. The SMILES string of the molecule is N1=NC(=C2N=NN=N2)N=N1.[NH4+].[NH4+]. The first-order valence-corrected chi connectivity index (χ1v) is 2.34. The Morgan fingerprint density at radius 1 is 0.500 bits per heavy atom. The van der Waals surface area contributed by atoms with Crippen molar-refractivity contribution in [3.05, 3.63) is 11.6 Å². The van der Waals surface area contributed by atoms with Crippen molar-refractivity contribution in [2.75, 3.05) is 0 Å². The number of hydrogen-bond donors (Lipinski definition) is 2. The highest BCUT2D eigenvalue weighted by Gasteiger charge is 2.10. The Morgan fingerprint density at radius 3 is 1.00 bits per heavy atom. The lowest BCUT2D eigenvalue weighted by molar-refractivity contribution is 1.06. The van der Waals surface area contributed by atoms with E-state index in [1.54, 1.807) is 0 Å². The van der Waals surface area contributed by atoms with Gasteiger partial charge in [-0.15, -0.1) is 20.5 Å². The average molecular weight is 172 g/mol. The van der Waals surface area contributed by atoms with Crippen LogP contribution in [0.3, 0.4) is 0 Å². The lowest BCUT2D eigenvalue weighted by Crippen LogP contribution is -1.71. The molecule has 0 saturated carbocycles. The van der Waals surface area contributed by atoms with E-state index < -0.39 is 0 Å². The lowest BCUT2D eigenvalue weighted by atomic mass is 10.7. The van der Waals surface area contributed by atoms with Crippen LogP contribution in [0, 0.1) is 0 Å². The largest absolute Gasteiger partial charge is 0.369 e. The van der Waals surface area contributed by atoms with E-state index in [1.165, 1.54) is 0 Å². The van der Waals surface area contributed by atoms with Crippen LogP contribution in [0.4, 0.5) is 0 Å². The molecule has 0 amide bonds. The molecule has 0 bridgehead atoms. The van der Waals surface area contributed by atoms with Crippen molar-refractivity contribution in [3.8, 4) is 0 Å². The molecule has 0 aromatic heterocycles. The van der Waals surface area contributed by atoms with Crippen molar-refractivity contribution in [2.45, 2.75) is 0 Å². The van der Waals surface area contributed by atoms with Crippen LogP contribution in [-0.2, 0) is 0 Å². The molecule has 0 fully saturated rings. The minimum Gasteiger partial charge on any atom is -0.369 e. The molecule has 2 rings (SSSR count). The number of rotatable bonds is 0. The highest BCUT2D eigenvalue weighted by Crippen LogP contribution is 2.19. The minimum absolute atomic E-state index is 0. The topological polar surface area (TPSA) is 172 Å². The third-order valence-electron chi connectivity index (χ3n) is 0.838. The van der Waals surface area contributed by atoms with Gasteiger partial charge in [-0.2, -0.15) is 0 Å². The summed E-state index contributed by atoms with van der Waals surface area (Å²) >= 11 is 0. The number of hydrogen-bond acceptors (Lipinski definition) is 8. The summed E-state index contributed by atoms with van der Waals surface area (Å²) in [6.45, 7) is 0. The maximum atomic E-state index is 3.48. The van der Waals surface area contributed by atoms with Gasteiger partial charge in [-0.3, -0.25) is 0 Å². The molecule has 0 atom stereocenters. The second-order valence-electron chi connectivity index (χ2n) is 1.40. The van der Waals surface area contributed by atoms with E-state index in [-0.39, 0.29) is 23.9 Å². The third kappa shape index (κ3) is 1.56. The zero-order chi connectivity index (χ0) is 6.81. The van der Waals surface area contributed by atoms with Gasteiger partial charge in [0.25, 0.3) is 0 Å². The molecule has 0 aliphatic carbocycles. The Balaban J connectivity index is 0.000000605. The minimum atomic E-state index is 0. The Labute approximate surface area is 66.4 Å². The molecule has 10 nitrogen and oxygen atoms in total. The van der Waals surface area contributed by atoms with Gasteiger partial charge in [0.15, 0.2) is 0 Å². The van der Waals surface area contributed by atoms with Crippen LogP contribution < -0.4 is 12.3 Å². The second kappa shape index (κ2) is 4.05. The molecule has 2 heterocycles. The van der Waals surface area contributed by atoms with E-state index in [0.29, 0.717) is 0 Å². The Kier molecular flexibility index (Phi) is 3.39. The maximum Gasteiger partial charge on any atom is 0.248 e. The van der Waals surface area contributed by atoms with Crippen LogP contribution >= 0.6 is 0 Å². The lowest BCUT2D eigenvalue weighted by Gasteiger charge is -1.79. The molecule has 0 radical (unpaired) electrons. The molecule has 0 aromatic rings. The molecule has 8 N–H and O–H groups in total. The van der Waals surface area contributed by atoms with Gasteiger partial charge in [0.1, 0.15) is 0 Å². The molecule has 2 aliphatic heterocycles. The Hall–Kier alpha value is -1.94. The fourth-order valence-electron chi connectivity index (χ4n) is 0.468. The molecule has 2 aliphatic rings. The van der Waals surface area contributed by atoms with Crippen LogP contribution in [0.15, 0.2) is 53.0 Å². The quantitative estimate of drug-likeness (QED) is 0.546. The first kappa shape index (κ1) is 10.1. The second-order valence-corrected chi connectivity index (χ2v) is 1.40. The zero-order valence-electron chi connectivity index (χ0n) is 6.58. The van der Waals surface area contributed by atoms with Crippen molar-refractivity contribution >= 4 is 0 Å². The maximum absolute atomic E-state index is 3.48. The Bertz CT molecular complexity index is 233. The normalized spacial score (nSPS) is 16.7. The number of nitrogens with zero attached hydrogens (tertiary/aromatic N) is 8. The fraction of sp³-hybridized carbons (Fsp3) is 0. The van der Waals surface area contributed by atoms with Crippen LogP contribution in [0.5, 0.6) is 0 Å². The van der Waals surface area contributed by atoms with E-state index in [2.05, 4.69) is 41.4 Å². The monoisotopic (exact) mass is 172 g/mol. The van der Waals surface area contributed by atoms with Gasteiger partial charge in [0.2, 0.25) is 11.6 Å². The summed E-state index contributed by atoms with van der Waals surface area (Å²) in [5, 5.41) is 26.9. The molecule has 0 aromatic carbocycles.